The maximum atomic E-state index is 13.6. The van der Waals surface area contributed by atoms with Gasteiger partial charge in [-0.2, -0.15) is 5.10 Å². The van der Waals surface area contributed by atoms with Crippen molar-refractivity contribution in [1.82, 2.24) is 5.01 Å². The molecule has 0 saturated carbocycles. The zero-order valence-corrected chi connectivity index (χ0v) is 20.1. The fourth-order valence-corrected chi connectivity index (χ4v) is 4.14. The standard InChI is InChI=1S/C26H25ClN2O5/c1-31-18-11-17(12-19(14-18)32-2)23-15-22(16-9-10-24(33-3)25(13-16)34-4)28-29(23)26(30)20-7-5-6-8-21(20)27/h5-14,23H,15H2,1-4H3. The summed E-state index contributed by atoms with van der Waals surface area (Å²) in [6.07, 6.45) is 0.474. The Morgan fingerprint density at radius 3 is 2.18 bits per heavy atom. The first-order valence-corrected chi connectivity index (χ1v) is 11.0. The number of methoxy groups -OCH3 is 4. The average Bonchev–Trinajstić information content (AvgIpc) is 3.33. The predicted octanol–water partition coefficient (Wildman–Crippen LogP) is 5.37. The number of nitrogens with zero attached hydrogens (tertiary/aromatic N) is 2. The lowest BCUT2D eigenvalue weighted by molar-refractivity contribution is 0.0711. The lowest BCUT2D eigenvalue weighted by Crippen LogP contribution is -2.27. The van der Waals surface area contributed by atoms with Gasteiger partial charge in [-0.3, -0.25) is 4.79 Å². The van der Waals surface area contributed by atoms with Crippen LogP contribution in [-0.2, 0) is 0 Å². The third-order valence-electron chi connectivity index (χ3n) is 5.70. The average molecular weight is 481 g/mol. The van der Waals surface area contributed by atoms with Crippen LogP contribution in [0, 0.1) is 0 Å². The maximum Gasteiger partial charge on any atom is 0.276 e. The highest BCUT2D eigenvalue weighted by atomic mass is 35.5. The van der Waals surface area contributed by atoms with Gasteiger partial charge >= 0.3 is 0 Å². The molecule has 1 heterocycles. The van der Waals surface area contributed by atoms with Crippen LogP contribution in [0.1, 0.15) is 33.9 Å². The molecule has 0 fully saturated rings. The summed E-state index contributed by atoms with van der Waals surface area (Å²) in [5.74, 6) is 2.15. The molecule has 3 aromatic rings. The zero-order chi connectivity index (χ0) is 24.2. The number of halogens is 1. The first-order chi connectivity index (χ1) is 16.5. The zero-order valence-electron chi connectivity index (χ0n) is 19.4. The van der Waals surface area contributed by atoms with E-state index in [0.29, 0.717) is 40.0 Å². The van der Waals surface area contributed by atoms with Gasteiger partial charge < -0.3 is 18.9 Å². The monoisotopic (exact) mass is 480 g/mol. The van der Waals surface area contributed by atoms with Gasteiger partial charge in [0.2, 0.25) is 0 Å². The van der Waals surface area contributed by atoms with Gasteiger partial charge in [0, 0.05) is 18.1 Å². The molecule has 0 aromatic heterocycles. The minimum Gasteiger partial charge on any atom is -0.497 e. The highest BCUT2D eigenvalue weighted by molar-refractivity contribution is 6.33. The van der Waals surface area contributed by atoms with E-state index in [1.54, 1.807) is 58.8 Å². The summed E-state index contributed by atoms with van der Waals surface area (Å²) in [5, 5.41) is 6.58. The van der Waals surface area contributed by atoms with Crippen LogP contribution in [-0.4, -0.2) is 45.1 Å². The van der Waals surface area contributed by atoms with E-state index >= 15 is 0 Å². The number of amides is 1. The van der Waals surface area contributed by atoms with Crippen molar-refractivity contribution in [3.8, 4) is 23.0 Å². The second-order valence-electron chi connectivity index (χ2n) is 7.61. The summed E-state index contributed by atoms with van der Waals surface area (Å²) in [5.41, 5.74) is 2.76. The molecule has 0 bridgehead atoms. The van der Waals surface area contributed by atoms with Crippen LogP contribution in [0.5, 0.6) is 23.0 Å². The molecule has 7 nitrogen and oxygen atoms in total. The topological polar surface area (TPSA) is 69.6 Å². The molecule has 3 aromatic carbocycles. The van der Waals surface area contributed by atoms with Crippen LogP contribution in [0.4, 0.5) is 0 Å². The smallest absolute Gasteiger partial charge is 0.276 e. The molecule has 176 valence electrons. The summed E-state index contributed by atoms with van der Waals surface area (Å²) < 4.78 is 21.7. The Morgan fingerprint density at radius 2 is 1.56 bits per heavy atom. The van der Waals surface area contributed by atoms with Crippen LogP contribution in [0.25, 0.3) is 0 Å². The van der Waals surface area contributed by atoms with Crippen LogP contribution in [0.3, 0.4) is 0 Å². The van der Waals surface area contributed by atoms with E-state index in [9.17, 15) is 4.79 Å². The van der Waals surface area contributed by atoms with E-state index in [2.05, 4.69) is 0 Å². The molecule has 8 heteroatoms. The third-order valence-corrected chi connectivity index (χ3v) is 6.03. The normalized spacial score (nSPS) is 15.0. The van der Waals surface area contributed by atoms with Crippen molar-refractivity contribution in [2.75, 3.05) is 28.4 Å². The number of carbonyl (C=O) groups is 1. The molecule has 1 aliphatic rings. The summed E-state index contributed by atoms with van der Waals surface area (Å²) in [6, 6.07) is 17.7. The van der Waals surface area contributed by atoms with Crippen molar-refractivity contribution in [2.24, 2.45) is 5.10 Å². The molecule has 34 heavy (non-hydrogen) atoms. The van der Waals surface area contributed by atoms with Crippen LogP contribution >= 0.6 is 11.6 Å². The first kappa shape index (κ1) is 23.4. The Morgan fingerprint density at radius 1 is 0.882 bits per heavy atom. The number of rotatable bonds is 7. The van der Waals surface area contributed by atoms with Crippen molar-refractivity contribution in [1.29, 1.82) is 0 Å². The first-order valence-electron chi connectivity index (χ1n) is 10.6. The molecule has 0 spiro atoms. The Labute approximate surface area is 203 Å². The lowest BCUT2D eigenvalue weighted by atomic mass is 9.97. The van der Waals surface area contributed by atoms with E-state index in [1.807, 2.05) is 30.3 Å². The Kier molecular flexibility index (Phi) is 6.93. The van der Waals surface area contributed by atoms with E-state index in [0.717, 1.165) is 16.8 Å². The number of hydrogen-bond donors (Lipinski definition) is 0. The van der Waals surface area contributed by atoms with Crippen molar-refractivity contribution in [2.45, 2.75) is 12.5 Å². The van der Waals surface area contributed by atoms with Crippen molar-refractivity contribution >= 4 is 23.2 Å². The number of hydrogen-bond acceptors (Lipinski definition) is 6. The molecule has 0 saturated heterocycles. The number of hydrazone groups is 1. The maximum absolute atomic E-state index is 13.6. The molecule has 0 N–H and O–H groups in total. The van der Waals surface area contributed by atoms with Gasteiger partial charge in [0.1, 0.15) is 11.5 Å². The minimum absolute atomic E-state index is 0.298. The second kappa shape index (κ2) is 10.1. The molecular weight excluding hydrogens is 456 g/mol. The van der Waals surface area contributed by atoms with Crippen LogP contribution in [0.2, 0.25) is 5.02 Å². The van der Waals surface area contributed by atoms with Gasteiger partial charge in [0.05, 0.1) is 50.8 Å². The van der Waals surface area contributed by atoms with Crippen molar-refractivity contribution in [3.05, 3.63) is 82.4 Å². The lowest BCUT2D eigenvalue weighted by Gasteiger charge is -2.23. The molecule has 1 aliphatic heterocycles. The number of benzene rings is 3. The Bertz CT molecular complexity index is 1220. The molecular formula is C26H25ClN2O5. The highest BCUT2D eigenvalue weighted by Gasteiger charge is 2.35. The van der Waals surface area contributed by atoms with Crippen molar-refractivity contribution in [3.63, 3.8) is 0 Å². The number of ether oxygens (including phenoxy) is 4. The minimum atomic E-state index is -0.393. The molecule has 0 radical (unpaired) electrons. The fourth-order valence-electron chi connectivity index (χ4n) is 3.93. The summed E-state index contributed by atoms with van der Waals surface area (Å²) in [4.78, 5) is 13.6. The van der Waals surface area contributed by atoms with Crippen LogP contribution < -0.4 is 18.9 Å². The van der Waals surface area contributed by atoms with Gasteiger partial charge in [-0.15, -0.1) is 0 Å². The van der Waals surface area contributed by atoms with E-state index in [4.69, 9.17) is 35.6 Å². The van der Waals surface area contributed by atoms with Gasteiger partial charge in [-0.1, -0.05) is 23.7 Å². The quantitative estimate of drug-likeness (QED) is 0.455. The fraction of sp³-hybridized carbons (Fsp3) is 0.231. The van der Waals surface area contributed by atoms with Gasteiger partial charge in [0.25, 0.3) is 5.91 Å². The number of carbonyl (C=O) groups excluding carboxylic acids is 1. The Balaban J connectivity index is 1.80. The highest BCUT2D eigenvalue weighted by Crippen LogP contribution is 2.39. The molecule has 1 unspecified atom stereocenters. The molecule has 1 amide bonds. The summed E-state index contributed by atoms with van der Waals surface area (Å²) in [6.45, 7) is 0. The van der Waals surface area contributed by atoms with E-state index < -0.39 is 6.04 Å². The van der Waals surface area contributed by atoms with Gasteiger partial charge in [-0.05, 0) is 48.0 Å². The Hall–Kier alpha value is -3.71. The summed E-state index contributed by atoms with van der Waals surface area (Å²) in [7, 11) is 6.34. The van der Waals surface area contributed by atoms with Crippen LogP contribution in [0.15, 0.2) is 65.8 Å². The second-order valence-corrected chi connectivity index (χ2v) is 8.02. The van der Waals surface area contributed by atoms with E-state index in [-0.39, 0.29) is 5.91 Å². The molecule has 1 atom stereocenters. The predicted molar refractivity (Wildman–Crippen MR) is 131 cm³/mol. The largest absolute Gasteiger partial charge is 0.497 e. The van der Waals surface area contributed by atoms with E-state index in [1.165, 1.54) is 5.01 Å². The summed E-state index contributed by atoms with van der Waals surface area (Å²) >= 11 is 6.35. The van der Waals surface area contributed by atoms with Gasteiger partial charge in [0.15, 0.2) is 11.5 Å². The van der Waals surface area contributed by atoms with Gasteiger partial charge in [-0.25, -0.2) is 5.01 Å². The SMILES string of the molecule is COc1cc(OC)cc(C2CC(c3ccc(OC)c(OC)c3)=NN2C(=O)c2ccccc2Cl)c1. The molecule has 4 rings (SSSR count). The third kappa shape index (κ3) is 4.52. The van der Waals surface area contributed by atoms with Crippen molar-refractivity contribution < 1.29 is 23.7 Å². The molecule has 0 aliphatic carbocycles.